The second-order valence-corrected chi connectivity index (χ2v) is 4.02. The molecule has 0 spiro atoms. The van der Waals surface area contributed by atoms with Crippen LogP contribution >= 0.6 is 0 Å². The number of nitrogens with two attached hydrogens (primary N) is 1. The highest BCUT2D eigenvalue weighted by Crippen LogP contribution is 2.16. The van der Waals surface area contributed by atoms with Crippen molar-refractivity contribution in [2.75, 3.05) is 12.8 Å². The van der Waals surface area contributed by atoms with Gasteiger partial charge < -0.3 is 5.73 Å². The molecule has 0 aliphatic carbocycles. The van der Waals surface area contributed by atoms with Gasteiger partial charge in [-0.15, -0.1) is 0 Å². The van der Waals surface area contributed by atoms with Gasteiger partial charge in [-0.1, -0.05) is 13.0 Å². The molecule has 0 radical (unpaired) electrons. The largest absolute Gasteiger partial charge is 0.398 e. The Kier molecular flexibility index (Phi) is 4.09. The highest BCUT2D eigenvalue weighted by molar-refractivity contribution is 5.46. The van der Waals surface area contributed by atoms with Crippen LogP contribution < -0.4 is 5.73 Å². The lowest BCUT2D eigenvalue weighted by molar-refractivity contribution is 0.244. The van der Waals surface area contributed by atoms with Crippen LogP contribution in [0.2, 0.25) is 0 Å². The summed E-state index contributed by atoms with van der Waals surface area (Å²) >= 11 is 0. The molecule has 2 nitrogen and oxygen atoms in total. The van der Waals surface area contributed by atoms with E-state index in [1.807, 2.05) is 0 Å². The summed E-state index contributed by atoms with van der Waals surface area (Å²) in [5.74, 6) is -0.276. The Hall–Kier alpha value is -1.09. The van der Waals surface area contributed by atoms with E-state index in [0.29, 0.717) is 11.7 Å². The van der Waals surface area contributed by atoms with Gasteiger partial charge in [0.2, 0.25) is 0 Å². The summed E-state index contributed by atoms with van der Waals surface area (Å²) in [4.78, 5) is 2.21. The molecular weight excluding hydrogens is 191 g/mol. The maximum Gasteiger partial charge on any atom is 0.125 e. The molecule has 15 heavy (non-hydrogen) atoms. The van der Waals surface area contributed by atoms with E-state index >= 15 is 0 Å². The van der Waals surface area contributed by atoms with Gasteiger partial charge in [0.15, 0.2) is 0 Å². The number of hydrogen-bond acceptors (Lipinski definition) is 2. The topological polar surface area (TPSA) is 29.3 Å². The van der Waals surface area contributed by atoms with Crippen LogP contribution in [0.3, 0.4) is 0 Å². The minimum absolute atomic E-state index is 0.276. The van der Waals surface area contributed by atoms with Crippen molar-refractivity contribution in [1.29, 1.82) is 0 Å². The SMILES string of the molecule is CCC(C)N(C)Cc1ccc(F)cc1N. The molecule has 0 bridgehead atoms. The highest BCUT2D eigenvalue weighted by Gasteiger charge is 2.09. The van der Waals surface area contributed by atoms with E-state index in [-0.39, 0.29) is 5.82 Å². The standard InChI is InChI=1S/C12H19FN2/c1-4-9(2)15(3)8-10-5-6-11(13)7-12(10)14/h5-7,9H,4,8,14H2,1-3H3. The fourth-order valence-electron chi connectivity index (χ4n) is 1.45. The first kappa shape index (κ1) is 12.0. The highest BCUT2D eigenvalue weighted by atomic mass is 19.1. The number of nitrogen functional groups attached to an aromatic ring is 1. The molecule has 1 rings (SSSR count). The summed E-state index contributed by atoms with van der Waals surface area (Å²) in [6.07, 6.45) is 1.09. The van der Waals surface area contributed by atoms with Crippen LogP contribution in [-0.2, 0) is 6.54 Å². The van der Waals surface area contributed by atoms with Crippen molar-refractivity contribution in [3.8, 4) is 0 Å². The van der Waals surface area contributed by atoms with E-state index in [1.165, 1.54) is 12.1 Å². The van der Waals surface area contributed by atoms with E-state index in [9.17, 15) is 4.39 Å². The molecule has 1 atom stereocenters. The van der Waals surface area contributed by atoms with Gasteiger partial charge in [-0.05, 0) is 38.1 Å². The Labute approximate surface area is 90.9 Å². The Bertz CT molecular complexity index is 325. The van der Waals surface area contributed by atoms with Crippen molar-refractivity contribution < 1.29 is 4.39 Å². The van der Waals surface area contributed by atoms with Gasteiger partial charge >= 0.3 is 0 Å². The van der Waals surface area contributed by atoms with Gasteiger partial charge in [-0.2, -0.15) is 0 Å². The zero-order chi connectivity index (χ0) is 11.4. The van der Waals surface area contributed by atoms with E-state index < -0.39 is 0 Å². The summed E-state index contributed by atoms with van der Waals surface area (Å²) < 4.78 is 12.8. The monoisotopic (exact) mass is 210 g/mol. The Morgan fingerprint density at radius 1 is 1.47 bits per heavy atom. The second-order valence-electron chi connectivity index (χ2n) is 4.02. The quantitative estimate of drug-likeness (QED) is 0.774. The third kappa shape index (κ3) is 3.20. The number of halogens is 1. The molecule has 0 heterocycles. The van der Waals surface area contributed by atoms with Gasteiger partial charge in [0.25, 0.3) is 0 Å². The van der Waals surface area contributed by atoms with Crippen molar-refractivity contribution >= 4 is 5.69 Å². The number of benzene rings is 1. The van der Waals surface area contributed by atoms with Gasteiger partial charge in [0.05, 0.1) is 0 Å². The molecular formula is C12H19FN2. The molecule has 0 aliphatic rings. The number of rotatable bonds is 4. The molecule has 0 aliphatic heterocycles. The molecule has 3 heteroatoms. The average molecular weight is 210 g/mol. The van der Waals surface area contributed by atoms with Crippen molar-refractivity contribution in [2.45, 2.75) is 32.9 Å². The van der Waals surface area contributed by atoms with Gasteiger partial charge in [0.1, 0.15) is 5.82 Å². The predicted molar refractivity (Wildman–Crippen MR) is 62.0 cm³/mol. The average Bonchev–Trinajstić information content (AvgIpc) is 2.20. The summed E-state index contributed by atoms with van der Waals surface area (Å²) in [6.45, 7) is 5.08. The molecule has 0 aromatic heterocycles. The lowest BCUT2D eigenvalue weighted by atomic mass is 10.1. The summed E-state index contributed by atoms with van der Waals surface area (Å²) in [7, 11) is 2.05. The van der Waals surface area contributed by atoms with Crippen molar-refractivity contribution in [2.24, 2.45) is 0 Å². The molecule has 2 N–H and O–H groups in total. The summed E-state index contributed by atoms with van der Waals surface area (Å²) in [5, 5.41) is 0. The molecule has 84 valence electrons. The molecule has 1 unspecified atom stereocenters. The van der Waals surface area contributed by atoms with Crippen LogP contribution in [0.15, 0.2) is 18.2 Å². The normalized spacial score (nSPS) is 13.1. The van der Waals surface area contributed by atoms with E-state index in [0.717, 1.165) is 18.5 Å². The van der Waals surface area contributed by atoms with Crippen LogP contribution in [0, 0.1) is 5.82 Å². The fraction of sp³-hybridized carbons (Fsp3) is 0.500. The smallest absolute Gasteiger partial charge is 0.125 e. The Morgan fingerprint density at radius 2 is 2.13 bits per heavy atom. The predicted octanol–water partition coefficient (Wildman–Crippen LogP) is 2.64. The summed E-state index contributed by atoms with van der Waals surface area (Å²) in [6, 6.07) is 5.09. The van der Waals surface area contributed by atoms with E-state index in [4.69, 9.17) is 5.73 Å². The van der Waals surface area contributed by atoms with Crippen molar-refractivity contribution in [3.63, 3.8) is 0 Å². The first-order chi connectivity index (χ1) is 7.04. The van der Waals surface area contributed by atoms with Crippen LogP contribution in [0.5, 0.6) is 0 Å². The first-order valence-electron chi connectivity index (χ1n) is 5.28. The molecule has 0 saturated heterocycles. The zero-order valence-electron chi connectivity index (χ0n) is 9.63. The minimum Gasteiger partial charge on any atom is -0.398 e. The number of hydrogen-bond donors (Lipinski definition) is 1. The fourth-order valence-corrected chi connectivity index (χ4v) is 1.45. The summed E-state index contributed by atoms with van der Waals surface area (Å²) in [5.41, 5.74) is 7.26. The van der Waals surface area contributed by atoms with Crippen molar-refractivity contribution in [3.05, 3.63) is 29.6 Å². The molecule has 0 fully saturated rings. The maximum atomic E-state index is 12.8. The number of nitrogens with zero attached hydrogens (tertiary/aromatic N) is 1. The second kappa shape index (κ2) is 5.12. The molecule has 1 aromatic carbocycles. The Morgan fingerprint density at radius 3 is 2.67 bits per heavy atom. The lowest BCUT2D eigenvalue weighted by Gasteiger charge is -2.24. The van der Waals surface area contributed by atoms with E-state index in [2.05, 4.69) is 25.8 Å². The minimum atomic E-state index is -0.276. The van der Waals surface area contributed by atoms with Crippen LogP contribution in [0.25, 0.3) is 0 Å². The molecule has 0 saturated carbocycles. The Balaban J connectivity index is 2.72. The van der Waals surface area contributed by atoms with Crippen LogP contribution in [0.4, 0.5) is 10.1 Å². The maximum absolute atomic E-state index is 12.8. The van der Waals surface area contributed by atoms with Crippen molar-refractivity contribution in [1.82, 2.24) is 4.90 Å². The van der Waals surface area contributed by atoms with Gasteiger partial charge in [-0.3, -0.25) is 4.90 Å². The third-order valence-corrected chi connectivity index (χ3v) is 2.87. The van der Waals surface area contributed by atoms with E-state index in [1.54, 1.807) is 6.07 Å². The van der Waals surface area contributed by atoms with Gasteiger partial charge in [-0.25, -0.2) is 4.39 Å². The van der Waals surface area contributed by atoms with Gasteiger partial charge in [0, 0.05) is 18.3 Å². The molecule has 1 aromatic rings. The first-order valence-corrected chi connectivity index (χ1v) is 5.28. The lowest BCUT2D eigenvalue weighted by Crippen LogP contribution is -2.28. The number of anilines is 1. The zero-order valence-corrected chi connectivity index (χ0v) is 9.63. The van der Waals surface area contributed by atoms with Crippen LogP contribution in [0.1, 0.15) is 25.8 Å². The molecule has 0 amide bonds. The third-order valence-electron chi connectivity index (χ3n) is 2.87. The van der Waals surface area contributed by atoms with Crippen LogP contribution in [-0.4, -0.2) is 18.0 Å².